The van der Waals surface area contributed by atoms with Gasteiger partial charge in [0.2, 0.25) is 0 Å². The van der Waals surface area contributed by atoms with E-state index in [1.807, 2.05) is 0 Å². The van der Waals surface area contributed by atoms with Crippen molar-refractivity contribution in [3.8, 4) is 0 Å². The Morgan fingerprint density at radius 3 is 1.89 bits per heavy atom. The third-order valence-corrected chi connectivity index (χ3v) is 5.85. The van der Waals surface area contributed by atoms with Crippen LogP contribution in [-0.2, 0) is 4.79 Å². The molecule has 2 aromatic rings. The molecule has 3 nitrogen and oxygen atoms in total. The highest BCUT2D eigenvalue weighted by atomic mass is 19.1. The van der Waals surface area contributed by atoms with E-state index in [4.69, 9.17) is 0 Å². The summed E-state index contributed by atoms with van der Waals surface area (Å²) in [7, 11) is 0. The van der Waals surface area contributed by atoms with Gasteiger partial charge in [0.25, 0.3) is 0 Å². The minimum Gasteiger partial charge on any atom is -0.382 e. The quantitative estimate of drug-likeness (QED) is 0.770. The fraction of sp³-hybridized carbons (Fsp3) is 0.435. The van der Waals surface area contributed by atoms with Gasteiger partial charge in [-0.25, -0.2) is 8.78 Å². The lowest BCUT2D eigenvalue weighted by Gasteiger charge is -2.36. The maximum Gasteiger partial charge on any atom is 0.161 e. The number of nitrogens with zero attached hydrogens (tertiary/aromatic N) is 1. The topological polar surface area (TPSA) is 40.5 Å². The molecule has 1 fully saturated rings. The molecule has 0 radical (unpaired) electrons. The van der Waals surface area contributed by atoms with Gasteiger partial charge < -0.3 is 10.0 Å². The summed E-state index contributed by atoms with van der Waals surface area (Å²) in [4.78, 5) is 13.8. The Kier molecular flexibility index (Phi) is 6.57. The second-order valence-electron chi connectivity index (χ2n) is 7.73. The SMILES string of the molecule is CC(=O)C1(O)CCN(CCCC(c2ccc(F)cc2)c2ccc(F)cc2)CC1. The Morgan fingerprint density at radius 1 is 1.00 bits per heavy atom. The second-order valence-corrected chi connectivity index (χ2v) is 7.73. The van der Waals surface area contributed by atoms with Gasteiger partial charge in [0.15, 0.2) is 5.78 Å². The van der Waals surface area contributed by atoms with E-state index >= 15 is 0 Å². The van der Waals surface area contributed by atoms with Crippen LogP contribution in [0.2, 0.25) is 0 Å². The number of piperidine rings is 1. The molecule has 0 aromatic heterocycles. The fourth-order valence-corrected chi connectivity index (χ4v) is 3.93. The van der Waals surface area contributed by atoms with Crippen molar-refractivity contribution >= 4 is 5.78 Å². The lowest BCUT2D eigenvalue weighted by Crippen LogP contribution is -2.48. The van der Waals surface area contributed by atoms with Gasteiger partial charge in [0.1, 0.15) is 17.2 Å². The van der Waals surface area contributed by atoms with Crippen molar-refractivity contribution in [1.29, 1.82) is 0 Å². The van der Waals surface area contributed by atoms with Gasteiger partial charge in [-0.2, -0.15) is 0 Å². The van der Waals surface area contributed by atoms with E-state index in [0.717, 1.165) is 30.5 Å². The average molecular weight is 387 g/mol. The summed E-state index contributed by atoms with van der Waals surface area (Å²) in [6.45, 7) is 3.72. The first-order valence-corrected chi connectivity index (χ1v) is 9.84. The summed E-state index contributed by atoms with van der Waals surface area (Å²) in [6.07, 6.45) is 2.71. The van der Waals surface area contributed by atoms with Crippen LogP contribution in [0.25, 0.3) is 0 Å². The number of carbonyl (C=O) groups excluding carboxylic acids is 1. The zero-order valence-electron chi connectivity index (χ0n) is 16.2. The summed E-state index contributed by atoms with van der Waals surface area (Å²) in [6, 6.07) is 13.0. The summed E-state index contributed by atoms with van der Waals surface area (Å²) < 4.78 is 26.6. The first kappa shape index (κ1) is 20.6. The molecule has 1 N–H and O–H groups in total. The van der Waals surface area contributed by atoms with Crippen LogP contribution in [0, 0.1) is 11.6 Å². The van der Waals surface area contributed by atoms with Crippen molar-refractivity contribution in [3.63, 3.8) is 0 Å². The average Bonchev–Trinajstić information content (AvgIpc) is 2.68. The van der Waals surface area contributed by atoms with Crippen molar-refractivity contribution in [2.24, 2.45) is 0 Å². The molecular formula is C23H27F2NO2. The third-order valence-electron chi connectivity index (χ3n) is 5.85. The van der Waals surface area contributed by atoms with Gasteiger partial charge in [-0.1, -0.05) is 24.3 Å². The summed E-state index contributed by atoms with van der Waals surface area (Å²) in [5.41, 5.74) is 0.858. The number of hydrogen-bond acceptors (Lipinski definition) is 3. The first-order chi connectivity index (χ1) is 13.4. The van der Waals surface area contributed by atoms with E-state index in [1.165, 1.54) is 31.2 Å². The molecule has 150 valence electrons. The van der Waals surface area contributed by atoms with Crippen LogP contribution in [0.3, 0.4) is 0 Å². The number of hydrogen-bond donors (Lipinski definition) is 1. The number of carbonyl (C=O) groups is 1. The van der Waals surface area contributed by atoms with Gasteiger partial charge in [0.05, 0.1) is 0 Å². The molecule has 1 saturated heterocycles. The van der Waals surface area contributed by atoms with Crippen LogP contribution >= 0.6 is 0 Å². The van der Waals surface area contributed by atoms with E-state index < -0.39 is 5.60 Å². The van der Waals surface area contributed by atoms with E-state index in [-0.39, 0.29) is 23.3 Å². The van der Waals surface area contributed by atoms with Crippen molar-refractivity contribution in [3.05, 3.63) is 71.3 Å². The number of rotatable bonds is 7. The van der Waals surface area contributed by atoms with Crippen molar-refractivity contribution in [2.45, 2.75) is 44.1 Å². The highest BCUT2D eigenvalue weighted by Crippen LogP contribution is 2.30. The van der Waals surface area contributed by atoms with Crippen LogP contribution in [0.15, 0.2) is 48.5 Å². The molecule has 1 aliphatic heterocycles. The Morgan fingerprint density at radius 2 is 1.46 bits per heavy atom. The Hall–Kier alpha value is -2.11. The Balaban J connectivity index is 1.62. The van der Waals surface area contributed by atoms with Gasteiger partial charge >= 0.3 is 0 Å². The van der Waals surface area contributed by atoms with Crippen LogP contribution in [-0.4, -0.2) is 41.0 Å². The summed E-state index contributed by atoms with van der Waals surface area (Å²) in [5.74, 6) is -0.624. The molecule has 0 atom stereocenters. The number of likely N-dealkylation sites (tertiary alicyclic amines) is 1. The lowest BCUT2D eigenvalue weighted by atomic mass is 9.86. The molecule has 1 heterocycles. The molecule has 0 spiro atoms. The zero-order valence-corrected chi connectivity index (χ0v) is 16.2. The maximum atomic E-state index is 13.3. The van der Waals surface area contributed by atoms with Crippen LogP contribution in [0.5, 0.6) is 0 Å². The molecule has 3 rings (SSSR count). The molecule has 2 aromatic carbocycles. The Labute approximate surface area is 165 Å². The summed E-state index contributed by atoms with van der Waals surface area (Å²) in [5, 5.41) is 10.3. The Bertz CT molecular complexity index is 736. The molecule has 0 bridgehead atoms. The molecule has 0 unspecified atom stereocenters. The molecule has 0 aliphatic carbocycles. The highest BCUT2D eigenvalue weighted by molar-refractivity contribution is 5.84. The van der Waals surface area contributed by atoms with Gasteiger partial charge in [-0.05, 0) is 74.5 Å². The number of Topliss-reactive ketones (excluding diaryl/α,β-unsaturated/α-hetero) is 1. The summed E-state index contributed by atoms with van der Waals surface area (Å²) >= 11 is 0. The van der Waals surface area contributed by atoms with E-state index in [0.29, 0.717) is 25.9 Å². The van der Waals surface area contributed by atoms with Gasteiger partial charge in [-0.3, -0.25) is 4.79 Å². The highest BCUT2D eigenvalue weighted by Gasteiger charge is 2.36. The smallest absolute Gasteiger partial charge is 0.161 e. The predicted molar refractivity (Wildman–Crippen MR) is 105 cm³/mol. The standard InChI is InChI=1S/C23H27F2NO2/c1-17(27)23(28)12-15-26(16-13-23)14-2-3-22(18-4-8-20(24)9-5-18)19-6-10-21(25)11-7-19/h4-11,22,28H,2-3,12-16H2,1H3. The van der Waals surface area contributed by atoms with Crippen molar-refractivity contribution in [2.75, 3.05) is 19.6 Å². The minimum absolute atomic E-state index is 0.0696. The molecule has 1 aliphatic rings. The number of aliphatic hydroxyl groups is 1. The van der Waals surface area contributed by atoms with E-state index in [1.54, 1.807) is 24.3 Å². The fourth-order valence-electron chi connectivity index (χ4n) is 3.93. The number of halogens is 2. The third kappa shape index (κ3) is 5.03. The maximum absolute atomic E-state index is 13.3. The second kappa shape index (κ2) is 8.93. The van der Waals surface area contributed by atoms with Crippen LogP contribution < -0.4 is 0 Å². The number of ketones is 1. The van der Waals surface area contributed by atoms with E-state index in [9.17, 15) is 18.7 Å². The minimum atomic E-state index is -1.17. The first-order valence-electron chi connectivity index (χ1n) is 9.84. The lowest BCUT2D eigenvalue weighted by molar-refractivity contribution is -0.139. The molecule has 5 heteroatoms. The molecule has 28 heavy (non-hydrogen) atoms. The molecular weight excluding hydrogens is 360 g/mol. The van der Waals surface area contributed by atoms with Gasteiger partial charge in [0, 0.05) is 19.0 Å². The van der Waals surface area contributed by atoms with Crippen molar-refractivity contribution in [1.82, 2.24) is 4.90 Å². The molecule has 0 amide bonds. The monoisotopic (exact) mass is 387 g/mol. The number of benzene rings is 2. The molecule has 0 saturated carbocycles. The van der Waals surface area contributed by atoms with Gasteiger partial charge in [-0.15, -0.1) is 0 Å². The van der Waals surface area contributed by atoms with E-state index in [2.05, 4.69) is 4.90 Å². The largest absolute Gasteiger partial charge is 0.382 e. The predicted octanol–water partition coefficient (Wildman–Crippen LogP) is 4.29. The van der Waals surface area contributed by atoms with Crippen molar-refractivity contribution < 1.29 is 18.7 Å². The van der Waals surface area contributed by atoms with Crippen LogP contribution in [0.4, 0.5) is 8.78 Å². The zero-order chi connectivity index (χ0) is 20.1. The van der Waals surface area contributed by atoms with Crippen LogP contribution in [0.1, 0.15) is 49.7 Å². The normalized spacial score (nSPS) is 17.0.